The molecule has 9 heteroatoms. The molecule has 0 unspecified atom stereocenters. The molecule has 2 aromatic rings. The van der Waals surface area contributed by atoms with Crippen LogP contribution in [0, 0.1) is 0 Å². The Balaban J connectivity index is 1.28. The molecule has 156 valence electrons. The van der Waals surface area contributed by atoms with Gasteiger partial charge in [-0.25, -0.2) is 9.78 Å². The minimum Gasteiger partial charge on any atom is -0.448 e. The van der Waals surface area contributed by atoms with Crippen LogP contribution in [0.4, 0.5) is 10.6 Å². The van der Waals surface area contributed by atoms with Crippen molar-refractivity contribution in [3.63, 3.8) is 0 Å². The predicted octanol–water partition coefficient (Wildman–Crippen LogP) is 3.23. The van der Waals surface area contributed by atoms with Crippen molar-refractivity contribution < 1.29 is 18.7 Å². The fourth-order valence-corrected chi connectivity index (χ4v) is 4.27. The first kappa shape index (κ1) is 19.5. The number of nitrogens with zero attached hydrogens (tertiary/aromatic N) is 3. The minimum atomic E-state index is -0.216. The van der Waals surface area contributed by atoms with Gasteiger partial charge < -0.3 is 19.4 Å². The Kier molecular flexibility index (Phi) is 5.29. The Bertz CT molecular complexity index is 860. The summed E-state index contributed by atoms with van der Waals surface area (Å²) in [5.41, 5.74) is 0.817. The lowest BCUT2D eigenvalue weighted by molar-refractivity contribution is -0.115. The van der Waals surface area contributed by atoms with Gasteiger partial charge in [0.1, 0.15) is 11.9 Å². The van der Waals surface area contributed by atoms with Crippen LogP contribution in [-0.4, -0.2) is 50.3 Å². The summed E-state index contributed by atoms with van der Waals surface area (Å²) in [4.78, 5) is 30.2. The number of aromatic amines is 1. The van der Waals surface area contributed by atoms with E-state index in [1.165, 1.54) is 12.6 Å². The second kappa shape index (κ2) is 7.88. The molecule has 0 aromatic carbocycles. The van der Waals surface area contributed by atoms with Gasteiger partial charge in [0.15, 0.2) is 12.2 Å². The maximum absolute atomic E-state index is 12.5. The van der Waals surface area contributed by atoms with Crippen molar-refractivity contribution >= 4 is 17.8 Å². The van der Waals surface area contributed by atoms with Crippen LogP contribution in [-0.2, 0) is 16.0 Å². The van der Waals surface area contributed by atoms with Crippen molar-refractivity contribution in [3.8, 4) is 0 Å². The number of aromatic nitrogens is 3. The van der Waals surface area contributed by atoms with E-state index in [-0.39, 0.29) is 36.0 Å². The molecule has 2 aromatic heterocycles. The summed E-state index contributed by atoms with van der Waals surface area (Å²) in [5.74, 6) is 0.988. The highest BCUT2D eigenvalue weighted by Crippen LogP contribution is 2.37. The Hall–Kier alpha value is -2.84. The zero-order chi connectivity index (χ0) is 20.4. The van der Waals surface area contributed by atoms with Gasteiger partial charge in [0.2, 0.25) is 5.91 Å². The third-order valence-electron chi connectivity index (χ3n) is 5.90. The van der Waals surface area contributed by atoms with Crippen LogP contribution in [0.2, 0.25) is 0 Å². The first-order valence-corrected chi connectivity index (χ1v) is 10.1. The van der Waals surface area contributed by atoms with E-state index in [1.54, 1.807) is 0 Å². The number of nitrogens with one attached hydrogen (secondary N) is 2. The summed E-state index contributed by atoms with van der Waals surface area (Å²) in [7, 11) is 0. The van der Waals surface area contributed by atoms with Gasteiger partial charge in [-0.2, -0.15) is 5.10 Å². The molecule has 1 saturated carbocycles. The minimum absolute atomic E-state index is 0.0864. The number of anilines is 1. The summed E-state index contributed by atoms with van der Waals surface area (Å²) < 4.78 is 10.9. The molecular formula is C20H27N5O4. The second-order valence-corrected chi connectivity index (χ2v) is 8.48. The second-order valence-electron chi connectivity index (χ2n) is 8.48. The summed E-state index contributed by atoms with van der Waals surface area (Å²) in [6, 6.07) is 1.84. The molecule has 2 aliphatic rings. The molecule has 29 heavy (non-hydrogen) atoms. The molecule has 9 nitrogen and oxygen atoms in total. The number of hydrogen-bond acceptors (Lipinski definition) is 6. The van der Waals surface area contributed by atoms with Crippen molar-refractivity contribution in [3.05, 3.63) is 30.1 Å². The molecule has 1 saturated heterocycles. The summed E-state index contributed by atoms with van der Waals surface area (Å²) in [5, 5.41) is 9.93. The van der Waals surface area contributed by atoms with Gasteiger partial charge in [-0.05, 0) is 46.0 Å². The number of likely N-dealkylation sites (tertiary alicyclic amines) is 1. The van der Waals surface area contributed by atoms with Crippen LogP contribution in [0.5, 0.6) is 0 Å². The van der Waals surface area contributed by atoms with Gasteiger partial charge >= 0.3 is 6.09 Å². The highest BCUT2D eigenvalue weighted by Gasteiger charge is 2.38. The summed E-state index contributed by atoms with van der Waals surface area (Å²) in [6.07, 6.45) is 7.15. The number of carbonyl (C=O) groups excluding carboxylic acids is 2. The standard InChI is InChI=1S/C20H27N5O4/c1-20(2)6-3-7-25(20)19(27)29-14-5-4-13(8-14)16-10-17(24-23-16)22-18(26)9-15-11-21-12-28-15/h10-14H,3-9H2,1-2H3,(H2,22,23,24,26)/t13-,14+/m0/s1. The number of H-pyrrole nitrogens is 1. The third-order valence-corrected chi connectivity index (χ3v) is 5.90. The zero-order valence-corrected chi connectivity index (χ0v) is 16.8. The van der Waals surface area contributed by atoms with Crippen LogP contribution in [0.1, 0.15) is 63.3 Å². The van der Waals surface area contributed by atoms with E-state index in [9.17, 15) is 9.59 Å². The van der Waals surface area contributed by atoms with Gasteiger partial charge in [-0.15, -0.1) is 0 Å². The first-order chi connectivity index (χ1) is 13.9. The van der Waals surface area contributed by atoms with Crippen LogP contribution in [0.15, 0.2) is 23.1 Å². The fraction of sp³-hybridized carbons (Fsp3) is 0.600. The lowest BCUT2D eigenvalue weighted by atomic mass is 10.0. The summed E-state index contributed by atoms with van der Waals surface area (Å²) in [6.45, 7) is 4.93. The Morgan fingerprint density at radius 1 is 1.41 bits per heavy atom. The lowest BCUT2D eigenvalue weighted by Gasteiger charge is -2.31. The topological polar surface area (TPSA) is 113 Å². The Morgan fingerprint density at radius 3 is 3.00 bits per heavy atom. The van der Waals surface area contributed by atoms with E-state index >= 15 is 0 Å². The largest absolute Gasteiger partial charge is 0.448 e. The number of hydrogen-bond donors (Lipinski definition) is 2. The fourth-order valence-electron chi connectivity index (χ4n) is 4.27. The number of ether oxygens (including phenoxy) is 1. The van der Waals surface area contributed by atoms with Crippen molar-refractivity contribution in [2.45, 2.75) is 69.9 Å². The van der Waals surface area contributed by atoms with Crippen LogP contribution in [0.3, 0.4) is 0 Å². The zero-order valence-electron chi connectivity index (χ0n) is 16.8. The smallest absolute Gasteiger partial charge is 0.410 e. The number of amides is 2. The molecule has 1 aliphatic heterocycles. The van der Waals surface area contributed by atoms with Gasteiger partial charge in [-0.1, -0.05) is 0 Å². The molecule has 2 amide bonds. The molecule has 2 N–H and O–H groups in total. The quantitative estimate of drug-likeness (QED) is 0.795. The molecular weight excluding hydrogens is 374 g/mol. The van der Waals surface area contributed by atoms with Crippen LogP contribution >= 0.6 is 0 Å². The van der Waals surface area contributed by atoms with Crippen molar-refractivity contribution in [2.24, 2.45) is 0 Å². The Morgan fingerprint density at radius 2 is 2.28 bits per heavy atom. The van der Waals surface area contributed by atoms with E-state index in [1.807, 2.05) is 11.0 Å². The lowest BCUT2D eigenvalue weighted by Crippen LogP contribution is -2.43. The van der Waals surface area contributed by atoms with E-state index < -0.39 is 0 Å². The Labute approximate surface area is 169 Å². The van der Waals surface area contributed by atoms with Crippen molar-refractivity contribution in [1.29, 1.82) is 0 Å². The third kappa shape index (κ3) is 4.44. The van der Waals surface area contributed by atoms with Crippen LogP contribution in [0.25, 0.3) is 0 Å². The van der Waals surface area contributed by atoms with Crippen LogP contribution < -0.4 is 5.32 Å². The molecule has 4 rings (SSSR count). The van der Waals surface area contributed by atoms with E-state index in [0.717, 1.165) is 44.3 Å². The van der Waals surface area contributed by atoms with Gasteiger partial charge in [-0.3, -0.25) is 9.89 Å². The molecule has 2 fully saturated rings. The van der Waals surface area contributed by atoms with Gasteiger partial charge in [0, 0.05) is 29.8 Å². The molecule has 0 radical (unpaired) electrons. The van der Waals surface area contributed by atoms with Crippen molar-refractivity contribution in [1.82, 2.24) is 20.1 Å². The van der Waals surface area contributed by atoms with Crippen molar-refractivity contribution in [2.75, 3.05) is 11.9 Å². The average molecular weight is 401 g/mol. The molecule has 3 heterocycles. The van der Waals surface area contributed by atoms with Gasteiger partial charge in [0.05, 0.1) is 12.6 Å². The highest BCUT2D eigenvalue weighted by molar-refractivity contribution is 5.91. The number of carbonyl (C=O) groups is 2. The molecule has 0 spiro atoms. The number of oxazole rings is 1. The highest BCUT2D eigenvalue weighted by atomic mass is 16.6. The average Bonchev–Trinajstić information content (AvgIpc) is 3.42. The molecule has 0 bridgehead atoms. The van der Waals surface area contributed by atoms with E-state index in [2.05, 4.69) is 34.3 Å². The maximum atomic E-state index is 12.5. The first-order valence-electron chi connectivity index (χ1n) is 10.1. The SMILES string of the molecule is CC1(C)CCCN1C(=O)O[C@@H]1CC[C@H](c2cc(NC(=O)Cc3cnco3)n[nH]2)C1. The number of rotatable bonds is 5. The normalized spacial score (nSPS) is 23.3. The summed E-state index contributed by atoms with van der Waals surface area (Å²) >= 11 is 0. The maximum Gasteiger partial charge on any atom is 0.410 e. The predicted molar refractivity (Wildman–Crippen MR) is 104 cm³/mol. The van der Waals surface area contributed by atoms with E-state index in [4.69, 9.17) is 9.15 Å². The molecule has 2 atom stereocenters. The van der Waals surface area contributed by atoms with E-state index in [0.29, 0.717) is 11.6 Å². The molecule has 1 aliphatic carbocycles. The van der Waals surface area contributed by atoms with Gasteiger partial charge in [0.25, 0.3) is 0 Å². The monoisotopic (exact) mass is 401 g/mol.